The first-order valence-corrected chi connectivity index (χ1v) is 7.31. The summed E-state index contributed by atoms with van der Waals surface area (Å²) in [6, 6.07) is 0. The maximum absolute atomic E-state index is 4.24. The maximum atomic E-state index is 4.24. The third kappa shape index (κ3) is 10.6. The van der Waals surface area contributed by atoms with Crippen molar-refractivity contribution in [2.45, 2.75) is 58.8 Å². The van der Waals surface area contributed by atoms with E-state index < -0.39 is 0 Å². The molecule has 0 saturated heterocycles. The number of hydrogen-bond donors (Lipinski definition) is 1. The van der Waals surface area contributed by atoms with E-state index in [1.165, 1.54) is 64.6 Å². The van der Waals surface area contributed by atoms with Gasteiger partial charge in [-0.05, 0) is 51.1 Å². The van der Waals surface area contributed by atoms with E-state index in [1.54, 1.807) is 0 Å². The van der Waals surface area contributed by atoms with Crippen molar-refractivity contribution in [3.63, 3.8) is 0 Å². The van der Waals surface area contributed by atoms with Crippen LogP contribution in [0.2, 0.25) is 0 Å². The van der Waals surface area contributed by atoms with Gasteiger partial charge in [-0.1, -0.05) is 33.1 Å². The summed E-state index contributed by atoms with van der Waals surface area (Å²) in [5, 5.41) is 0. The molecule has 0 unspecified atom stereocenters. The molecule has 0 aliphatic rings. The van der Waals surface area contributed by atoms with Crippen LogP contribution < -0.4 is 0 Å². The Hall–Kier alpha value is 0.310. The SMILES string of the molecule is CCCCN(CCCC)CCCCCS. The normalized spacial score (nSPS) is 11.2. The molecule has 0 atom stereocenters. The van der Waals surface area contributed by atoms with Gasteiger partial charge in [0.1, 0.15) is 0 Å². The Morgan fingerprint density at radius 2 is 1.27 bits per heavy atom. The predicted molar refractivity (Wildman–Crippen MR) is 74.0 cm³/mol. The molecule has 0 aromatic carbocycles. The van der Waals surface area contributed by atoms with Gasteiger partial charge in [0.15, 0.2) is 0 Å². The molecular formula is C13H29NS. The summed E-state index contributed by atoms with van der Waals surface area (Å²) in [6.07, 6.45) is 9.33. The average molecular weight is 231 g/mol. The second-order valence-corrected chi connectivity index (χ2v) is 4.78. The standard InChI is InChI=1S/C13H29NS/c1-3-5-10-14(11-6-4-2)12-8-7-9-13-15/h15H,3-13H2,1-2H3. The van der Waals surface area contributed by atoms with Gasteiger partial charge in [-0.2, -0.15) is 12.6 Å². The van der Waals surface area contributed by atoms with Crippen LogP contribution in [0.3, 0.4) is 0 Å². The van der Waals surface area contributed by atoms with E-state index in [-0.39, 0.29) is 0 Å². The fraction of sp³-hybridized carbons (Fsp3) is 1.00. The van der Waals surface area contributed by atoms with Gasteiger partial charge < -0.3 is 4.90 Å². The Labute approximate surface area is 102 Å². The summed E-state index contributed by atoms with van der Waals surface area (Å²) < 4.78 is 0. The van der Waals surface area contributed by atoms with E-state index in [4.69, 9.17) is 0 Å². The van der Waals surface area contributed by atoms with Crippen LogP contribution in [0.15, 0.2) is 0 Å². The molecule has 0 bridgehead atoms. The monoisotopic (exact) mass is 231 g/mol. The van der Waals surface area contributed by atoms with E-state index in [9.17, 15) is 0 Å². The minimum Gasteiger partial charge on any atom is -0.303 e. The Balaban J connectivity index is 3.49. The summed E-state index contributed by atoms with van der Waals surface area (Å²) in [5.41, 5.74) is 0. The number of hydrogen-bond acceptors (Lipinski definition) is 2. The first kappa shape index (κ1) is 15.3. The lowest BCUT2D eigenvalue weighted by molar-refractivity contribution is 0.260. The summed E-state index contributed by atoms with van der Waals surface area (Å²) >= 11 is 4.24. The first-order chi connectivity index (χ1) is 7.35. The quantitative estimate of drug-likeness (QED) is 0.416. The molecule has 0 aliphatic carbocycles. The van der Waals surface area contributed by atoms with Crippen LogP contribution >= 0.6 is 12.6 Å². The minimum absolute atomic E-state index is 1.05. The molecule has 0 radical (unpaired) electrons. The molecule has 0 saturated carbocycles. The fourth-order valence-electron chi connectivity index (χ4n) is 1.72. The molecule has 0 N–H and O–H groups in total. The highest BCUT2D eigenvalue weighted by Gasteiger charge is 2.02. The summed E-state index contributed by atoms with van der Waals surface area (Å²) in [7, 11) is 0. The second-order valence-electron chi connectivity index (χ2n) is 4.33. The highest BCUT2D eigenvalue weighted by Crippen LogP contribution is 2.04. The van der Waals surface area contributed by atoms with Crippen LogP contribution in [0.25, 0.3) is 0 Å². The van der Waals surface area contributed by atoms with Gasteiger partial charge in [0, 0.05) is 0 Å². The number of unbranched alkanes of at least 4 members (excludes halogenated alkanes) is 4. The Morgan fingerprint density at radius 3 is 1.73 bits per heavy atom. The highest BCUT2D eigenvalue weighted by atomic mass is 32.1. The topological polar surface area (TPSA) is 3.24 Å². The molecular weight excluding hydrogens is 202 g/mol. The van der Waals surface area contributed by atoms with E-state index in [1.807, 2.05) is 0 Å². The van der Waals surface area contributed by atoms with E-state index in [0.717, 1.165) is 5.75 Å². The molecule has 2 heteroatoms. The van der Waals surface area contributed by atoms with Gasteiger partial charge in [0.05, 0.1) is 0 Å². The zero-order valence-corrected chi connectivity index (χ0v) is 11.6. The summed E-state index contributed by atoms with van der Waals surface area (Å²) in [4.78, 5) is 2.64. The van der Waals surface area contributed by atoms with Gasteiger partial charge in [-0.3, -0.25) is 0 Å². The number of rotatable bonds is 11. The number of nitrogens with zero attached hydrogens (tertiary/aromatic N) is 1. The number of thiol groups is 1. The van der Waals surface area contributed by atoms with E-state index in [0.29, 0.717) is 0 Å². The van der Waals surface area contributed by atoms with Crippen LogP contribution in [0.5, 0.6) is 0 Å². The molecule has 0 aromatic rings. The lowest BCUT2D eigenvalue weighted by atomic mass is 10.2. The molecule has 0 fully saturated rings. The largest absolute Gasteiger partial charge is 0.303 e. The lowest BCUT2D eigenvalue weighted by Crippen LogP contribution is -2.27. The Kier molecular flexibility index (Phi) is 12.6. The van der Waals surface area contributed by atoms with Gasteiger partial charge in [-0.25, -0.2) is 0 Å². The van der Waals surface area contributed by atoms with Crippen molar-refractivity contribution in [1.82, 2.24) is 4.90 Å². The summed E-state index contributed by atoms with van der Waals surface area (Å²) in [6.45, 7) is 8.46. The lowest BCUT2D eigenvalue weighted by Gasteiger charge is -2.21. The van der Waals surface area contributed by atoms with Crippen molar-refractivity contribution < 1.29 is 0 Å². The molecule has 0 amide bonds. The summed E-state index contributed by atoms with van der Waals surface area (Å²) in [5.74, 6) is 1.05. The Bertz CT molecular complexity index is 109. The van der Waals surface area contributed by atoms with Crippen LogP contribution in [0.1, 0.15) is 58.8 Å². The van der Waals surface area contributed by atoms with Crippen molar-refractivity contribution in [3.8, 4) is 0 Å². The molecule has 92 valence electrons. The molecule has 0 aliphatic heterocycles. The van der Waals surface area contributed by atoms with Crippen molar-refractivity contribution >= 4 is 12.6 Å². The molecule has 0 aromatic heterocycles. The molecule has 0 rings (SSSR count). The molecule has 0 spiro atoms. The van der Waals surface area contributed by atoms with Crippen molar-refractivity contribution in [2.24, 2.45) is 0 Å². The minimum atomic E-state index is 1.05. The molecule has 15 heavy (non-hydrogen) atoms. The van der Waals surface area contributed by atoms with E-state index in [2.05, 4.69) is 31.4 Å². The van der Waals surface area contributed by atoms with Crippen molar-refractivity contribution in [2.75, 3.05) is 25.4 Å². The van der Waals surface area contributed by atoms with Crippen LogP contribution in [0, 0.1) is 0 Å². The second kappa shape index (κ2) is 12.4. The zero-order valence-electron chi connectivity index (χ0n) is 10.7. The highest BCUT2D eigenvalue weighted by molar-refractivity contribution is 7.80. The van der Waals surface area contributed by atoms with Crippen LogP contribution in [-0.2, 0) is 0 Å². The fourth-order valence-corrected chi connectivity index (χ4v) is 1.95. The predicted octanol–water partition coefficient (Wildman–Crippen LogP) is 3.99. The van der Waals surface area contributed by atoms with Gasteiger partial charge in [0.25, 0.3) is 0 Å². The van der Waals surface area contributed by atoms with Crippen LogP contribution in [0.4, 0.5) is 0 Å². The van der Waals surface area contributed by atoms with Crippen molar-refractivity contribution in [3.05, 3.63) is 0 Å². The van der Waals surface area contributed by atoms with Gasteiger partial charge in [-0.15, -0.1) is 0 Å². The van der Waals surface area contributed by atoms with Gasteiger partial charge in [0.2, 0.25) is 0 Å². The average Bonchev–Trinajstić information content (AvgIpc) is 2.27. The zero-order chi connectivity index (χ0) is 11.4. The smallest absolute Gasteiger partial charge is 0.00187 e. The molecule has 1 nitrogen and oxygen atoms in total. The van der Waals surface area contributed by atoms with Gasteiger partial charge >= 0.3 is 0 Å². The van der Waals surface area contributed by atoms with Crippen molar-refractivity contribution in [1.29, 1.82) is 0 Å². The van der Waals surface area contributed by atoms with Crippen LogP contribution in [-0.4, -0.2) is 30.3 Å². The maximum Gasteiger partial charge on any atom is -0.00187 e. The third-order valence-corrected chi connectivity index (χ3v) is 3.10. The van der Waals surface area contributed by atoms with E-state index >= 15 is 0 Å². The third-order valence-electron chi connectivity index (χ3n) is 2.79. The molecule has 0 heterocycles. The first-order valence-electron chi connectivity index (χ1n) is 6.68. The Morgan fingerprint density at radius 1 is 0.733 bits per heavy atom.